The first-order chi connectivity index (χ1) is 17.4. The van der Waals surface area contributed by atoms with E-state index in [9.17, 15) is 9.59 Å². The van der Waals surface area contributed by atoms with Gasteiger partial charge in [0.25, 0.3) is 5.91 Å². The molecule has 1 N–H and O–H groups in total. The van der Waals surface area contributed by atoms with E-state index in [1.54, 1.807) is 0 Å². The third-order valence-corrected chi connectivity index (χ3v) is 8.24. The van der Waals surface area contributed by atoms with Gasteiger partial charge in [0, 0.05) is 18.3 Å². The molecule has 2 aromatic carbocycles. The molecule has 2 amide bonds. The van der Waals surface area contributed by atoms with Crippen molar-refractivity contribution in [2.75, 3.05) is 6.54 Å². The molecule has 1 fully saturated rings. The molecule has 0 radical (unpaired) electrons. The van der Waals surface area contributed by atoms with Crippen molar-refractivity contribution in [3.8, 4) is 11.3 Å². The third-order valence-electron chi connectivity index (χ3n) is 8.24. The molecule has 1 aliphatic carbocycles. The summed E-state index contributed by atoms with van der Waals surface area (Å²) < 4.78 is 2.05. The zero-order valence-corrected chi connectivity index (χ0v) is 21.6. The first kappa shape index (κ1) is 24.4. The number of hydrogen-bond donors (Lipinski definition) is 1. The fourth-order valence-electron chi connectivity index (χ4n) is 5.83. The first-order valence-electron chi connectivity index (χ1n) is 13.3. The molecule has 5 heteroatoms. The standard InChI is InChI=1S/C31H37N3O2/c1-22-14-16-26(17-15-22)32-30(36)31(3)21-33-27(25-12-8-5-9-13-25)18-19-28(33)29(35)34(31)20-23(2)24-10-6-4-7-11-24/h4-13,18-19,22-23,26H,14-17,20-21H2,1-3H3,(H,32,36)/t22?,23-,26?,31-/m0/s1. The van der Waals surface area contributed by atoms with Crippen molar-refractivity contribution in [1.29, 1.82) is 0 Å². The van der Waals surface area contributed by atoms with Crippen LogP contribution in [0.2, 0.25) is 0 Å². The van der Waals surface area contributed by atoms with E-state index in [4.69, 9.17) is 0 Å². The van der Waals surface area contributed by atoms with Gasteiger partial charge in [-0.1, -0.05) is 74.5 Å². The van der Waals surface area contributed by atoms with Crippen LogP contribution < -0.4 is 5.32 Å². The van der Waals surface area contributed by atoms with Crippen LogP contribution in [0, 0.1) is 5.92 Å². The summed E-state index contributed by atoms with van der Waals surface area (Å²) in [6.45, 7) is 7.28. The van der Waals surface area contributed by atoms with Gasteiger partial charge >= 0.3 is 0 Å². The maximum absolute atomic E-state index is 14.0. The quantitative estimate of drug-likeness (QED) is 0.477. The molecule has 0 saturated heterocycles. The van der Waals surface area contributed by atoms with Crippen molar-refractivity contribution in [3.05, 3.63) is 84.1 Å². The van der Waals surface area contributed by atoms with E-state index in [0.29, 0.717) is 24.7 Å². The fraction of sp³-hybridized carbons (Fsp3) is 0.419. The lowest BCUT2D eigenvalue weighted by Crippen LogP contribution is -2.65. The smallest absolute Gasteiger partial charge is 0.271 e. The Morgan fingerprint density at radius 2 is 1.56 bits per heavy atom. The predicted octanol–water partition coefficient (Wildman–Crippen LogP) is 5.87. The van der Waals surface area contributed by atoms with Gasteiger partial charge in [-0.2, -0.15) is 0 Å². The SMILES string of the molecule is CC1CCC(NC(=O)[C@]2(C)Cn3c(ccc3-c3ccccc3)C(=O)N2C[C@H](C)c2ccccc2)CC1. The number of amides is 2. The lowest BCUT2D eigenvalue weighted by molar-refractivity contribution is -0.134. The van der Waals surface area contributed by atoms with Crippen molar-refractivity contribution < 1.29 is 9.59 Å². The van der Waals surface area contributed by atoms with Crippen molar-refractivity contribution in [1.82, 2.24) is 14.8 Å². The second kappa shape index (κ2) is 9.96. The minimum Gasteiger partial charge on any atom is -0.351 e. The molecular formula is C31H37N3O2. The molecule has 5 rings (SSSR count). The zero-order valence-electron chi connectivity index (χ0n) is 21.6. The van der Waals surface area contributed by atoms with Crippen molar-refractivity contribution in [3.63, 3.8) is 0 Å². The summed E-state index contributed by atoms with van der Waals surface area (Å²) in [6.07, 6.45) is 4.27. The van der Waals surface area contributed by atoms with Crippen molar-refractivity contribution >= 4 is 11.8 Å². The molecular weight excluding hydrogens is 446 g/mol. The van der Waals surface area contributed by atoms with E-state index in [2.05, 4.69) is 43.4 Å². The molecule has 1 saturated carbocycles. The summed E-state index contributed by atoms with van der Waals surface area (Å²) >= 11 is 0. The molecule has 188 valence electrons. The van der Waals surface area contributed by atoms with E-state index in [1.165, 1.54) is 5.56 Å². The van der Waals surface area contributed by atoms with E-state index < -0.39 is 5.54 Å². The van der Waals surface area contributed by atoms with Crippen LogP contribution in [0.3, 0.4) is 0 Å². The Kier molecular flexibility index (Phi) is 6.74. The minimum atomic E-state index is -0.987. The Balaban J connectivity index is 1.49. The molecule has 36 heavy (non-hydrogen) atoms. The summed E-state index contributed by atoms with van der Waals surface area (Å²) in [5, 5.41) is 3.35. The summed E-state index contributed by atoms with van der Waals surface area (Å²) in [7, 11) is 0. The molecule has 2 heterocycles. The summed E-state index contributed by atoms with van der Waals surface area (Å²) in [5.74, 6) is 0.687. The van der Waals surface area contributed by atoms with E-state index in [1.807, 2.05) is 64.9 Å². The number of carbonyl (C=O) groups is 2. The second-order valence-corrected chi connectivity index (χ2v) is 11.0. The minimum absolute atomic E-state index is 0.0472. The summed E-state index contributed by atoms with van der Waals surface area (Å²) in [6, 6.07) is 24.4. The van der Waals surface area contributed by atoms with Crippen LogP contribution in [0.5, 0.6) is 0 Å². The molecule has 2 aliphatic rings. The Morgan fingerprint density at radius 1 is 0.944 bits per heavy atom. The van der Waals surface area contributed by atoms with Crippen LogP contribution in [0.25, 0.3) is 11.3 Å². The largest absolute Gasteiger partial charge is 0.351 e. The number of fused-ring (bicyclic) bond motifs is 1. The highest BCUT2D eigenvalue weighted by atomic mass is 16.2. The lowest BCUT2D eigenvalue weighted by Gasteiger charge is -2.46. The number of rotatable bonds is 6. The van der Waals surface area contributed by atoms with Crippen molar-refractivity contribution in [2.45, 2.75) is 70.5 Å². The highest BCUT2D eigenvalue weighted by molar-refractivity contribution is 6.00. The van der Waals surface area contributed by atoms with E-state index in [-0.39, 0.29) is 23.8 Å². The predicted molar refractivity (Wildman–Crippen MR) is 144 cm³/mol. The molecule has 1 aliphatic heterocycles. The van der Waals surface area contributed by atoms with Gasteiger partial charge in [0.1, 0.15) is 11.2 Å². The highest BCUT2D eigenvalue weighted by Gasteiger charge is 2.48. The van der Waals surface area contributed by atoms with Crippen LogP contribution in [0.15, 0.2) is 72.8 Å². The number of hydrogen-bond acceptors (Lipinski definition) is 2. The average molecular weight is 484 g/mol. The van der Waals surface area contributed by atoms with Gasteiger partial charge in [-0.3, -0.25) is 9.59 Å². The maximum Gasteiger partial charge on any atom is 0.271 e. The molecule has 0 bridgehead atoms. The number of carbonyl (C=O) groups excluding carboxylic acids is 2. The van der Waals surface area contributed by atoms with Gasteiger partial charge in [0.2, 0.25) is 5.91 Å². The van der Waals surface area contributed by atoms with Gasteiger partial charge in [0.05, 0.1) is 6.54 Å². The number of nitrogens with zero attached hydrogens (tertiary/aromatic N) is 2. The van der Waals surface area contributed by atoms with E-state index >= 15 is 0 Å². The zero-order chi connectivity index (χ0) is 25.3. The van der Waals surface area contributed by atoms with Crippen LogP contribution in [-0.4, -0.2) is 39.4 Å². The Morgan fingerprint density at radius 3 is 2.22 bits per heavy atom. The molecule has 5 nitrogen and oxygen atoms in total. The van der Waals surface area contributed by atoms with Gasteiger partial charge < -0.3 is 14.8 Å². The molecule has 2 atom stereocenters. The first-order valence-corrected chi connectivity index (χ1v) is 13.3. The maximum atomic E-state index is 14.0. The van der Waals surface area contributed by atoms with E-state index in [0.717, 1.165) is 36.9 Å². The fourth-order valence-corrected chi connectivity index (χ4v) is 5.83. The lowest BCUT2D eigenvalue weighted by atomic mass is 9.86. The Bertz CT molecular complexity index is 1210. The highest BCUT2D eigenvalue weighted by Crippen LogP contribution is 2.35. The second-order valence-electron chi connectivity index (χ2n) is 11.0. The topological polar surface area (TPSA) is 54.3 Å². The van der Waals surface area contributed by atoms with Crippen LogP contribution in [0.1, 0.15) is 68.4 Å². The summed E-state index contributed by atoms with van der Waals surface area (Å²) in [4.78, 5) is 29.8. The van der Waals surface area contributed by atoms with Crippen molar-refractivity contribution in [2.24, 2.45) is 5.92 Å². The van der Waals surface area contributed by atoms with Gasteiger partial charge in [-0.15, -0.1) is 0 Å². The molecule has 3 aromatic rings. The number of benzene rings is 2. The van der Waals surface area contributed by atoms with Gasteiger partial charge in [0.15, 0.2) is 0 Å². The van der Waals surface area contributed by atoms with Gasteiger partial charge in [-0.25, -0.2) is 0 Å². The molecule has 0 spiro atoms. The number of nitrogens with one attached hydrogen (secondary N) is 1. The number of aromatic nitrogens is 1. The third kappa shape index (κ3) is 4.59. The normalized spacial score (nSPS) is 24.8. The monoisotopic (exact) mass is 483 g/mol. The average Bonchev–Trinajstić information content (AvgIpc) is 3.32. The summed E-state index contributed by atoms with van der Waals surface area (Å²) in [5.41, 5.74) is 2.84. The van der Waals surface area contributed by atoms with Crippen LogP contribution >= 0.6 is 0 Å². The van der Waals surface area contributed by atoms with Crippen LogP contribution in [0.4, 0.5) is 0 Å². The molecule has 0 unspecified atom stereocenters. The Hall–Kier alpha value is -3.34. The Labute approximate surface area is 214 Å². The molecule has 1 aromatic heterocycles. The van der Waals surface area contributed by atoms with Crippen LogP contribution in [-0.2, 0) is 11.3 Å². The van der Waals surface area contributed by atoms with Gasteiger partial charge in [-0.05, 0) is 67.7 Å².